The summed E-state index contributed by atoms with van der Waals surface area (Å²) >= 11 is 3.06. The fourth-order valence-corrected chi connectivity index (χ4v) is 2.48. The summed E-state index contributed by atoms with van der Waals surface area (Å²) in [6, 6.07) is 2.49. The number of fused-ring (bicyclic) bond motifs is 1. The van der Waals surface area contributed by atoms with Crippen molar-refractivity contribution in [1.29, 1.82) is 0 Å². The van der Waals surface area contributed by atoms with E-state index in [2.05, 4.69) is 22.5 Å². The maximum Gasteiger partial charge on any atom is 0.412 e. The molecule has 19 heavy (non-hydrogen) atoms. The summed E-state index contributed by atoms with van der Waals surface area (Å²) < 4.78 is 13.7. The number of rotatable bonds is 2. The molecular formula is C12H10BrFN2O3. The predicted molar refractivity (Wildman–Crippen MR) is 72.0 cm³/mol. The van der Waals surface area contributed by atoms with Crippen LogP contribution in [0.3, 0.4) is 0 Å². The van der Waals surface area contributed by atoms with Crippen LogP contribution in [0.15, 0.2) is 29.3 Å². The number of hydrogen-bond acceptors (Lipinski definition) is 2. The lowest BCUT2D eigenvalue weighted by Crippen LogP contribution is -2.48. The van der Waals surface area contributed by atoms with Gasteiger partial charge in [-0.3, -0.25) is 9.69 Å². The second-order valence-electron chi connectivity index (χ2n) is 3.89. The van der Waals surface area contributed by atoms with Crippen LogP contribution in [0, 0.1) is 5.82 Å². The lowest BCUT2D eigenvalue weighted by Gasteiger charge is -2.35. The van der Waals surface area contributed by atoms with E-state index < -0.39 is 17.8 Å². The number of benzene rings is 1. The Kier molecular flexibility index (Phi) is 3.57. The Balaban J connectivity index is 2.66. The van der Waals surface area contributed by atoms with E-state index in [-0.39, 0.29) is 28.9 Å². The highest BCUT2D eigenvalue weighted by molar-refractivity contribution is 9.10. The van der Waals surface area contributed by atoms with Crippen molar-refractivity contribution in [2.24, 2.45) is 0 Å². The lowest BCUT2D eigenvalue weighted by atomic mass is 10.1. The topological polar surface area (TPSA) is 60.9 Å². The first kappa shape index (κ1) is 13.5. The maximum atomic E-state index is 13.6. The first-order valence-electron chi connectivity index (χ1n) is 5.37. The molecule has 0 spiro atoms. The Hall–Kier alpha value is -1.89. The fraction of sp³-hybridized carbons (Fsp3) is 0.167. The van der Waals surface area contributed by atoms with Crippen LogP contribution >= 0.6 is 15.9 Å². The molecule has 7 heteroatoms. The molecule has 0 saturated carbocycles. The molecule has 0 saturated heterocycles. The molecule has 0 unspecified atom stereocenters. The smallest absolute Gasteiger partial charge is 0.412 e. The van der Waals surface area contributed by atoms with Crippen molar-refractivity contribution in [3.8, 4) is 0 Å². The van der Waals surface area contributed by atoms with Gasteiger partial charge in [0, 0.05) is 6.54 Å². The number of halogens is 2. The van der Waals surface area contributed by atoms with E-state index in [1.807, 2.05) is 0 Å². The van der Waals surface area contributed by atoms with Gasteiger partial charge in [-0.25, -0.2) is 9.18 Å². The minimum Gasteiger partial charge on any atom is -0.465 e. The molecule has 1 aliphatic rings. The summed E-state index contributed by atoms with van der Waals surface area (Å²) in [6.45, 7) is 3.42. The zero-order valence-electron chi connectivity index (χ0n) is 9.77. The van der Waals surface area contributed by atoms with Crippen molar-refractivity contribution in [1.82, 2.24) is 0 Å². The maximum absolute atomic E-state index is 13.6. The summed E-state index contributed by atoms with van der Waals surface area (Å²) in [6.07, 6.45) is 0.237. The predicted octanol–water partition coefficient (Wildman–Crippen LogP) is 2.61. The molecule has 0 radical (unpaired) electrons. The number of amides is 2. The third-order valence-electron chi connectivity index (χ3n) is 2.75. The molecule has 1 N–H and O–H groups in total. The Bertz CT molecular complexity index is 576. The third kappa shape index (κ3) is 2.21. The van der Waals surface area contributed by atoms with E-state index in [9.17, 15) is 14.0 Å². The van der Waals surface area contributed by atoms with Gasteiger partial charge in [0.05, 0.1) is 15.8 Å². The van der Waals surface area contributed by atoms with Gasteiger partial charge in [-0.05, 0) is 28.1 Å². The number of carboxylic acid groups (broad SMARTS) is 1. The van der Waals surface area contributed by atoms with Crippen LogP contribution in [0.25, 0.3) is 0 Å². The molecule has 0 bridgehead atoms. The van der Waals surface area contributed by atoms with Gasteiger partial charge < -0.3 is 10.0 Å². The van der Waals surface area contributed by atoms with Crippen LogP contribution in [-0.2, 0) is 4.79 Å². The van der Waals surface area contributed by atoms with E-state index in [0.717, 1.165) is 11.0 Å². The Labute approximate surface area is 117 Å². The van der Waals surface area contributed by atoms with E-state index in [4.69, 9.17) is 5.11 Å². The van der Waals surface area contributed by atoms with Gasteiger partial charge in [0.1, 0.15) is 12.4 Å². The molecule has 100 valence electrons. The average Bonchev–Trinajstić information content (AvgIpc) is 2.36. The monoisotopic (exact) mass is 328 g/mol. The second kappa shape index (κ2) is 5.00. The highest BCUT2D eigenvalue weighted by Gasteiger charge is 2.34. The highest BCUT2D eigenvalue weighted by Crippen LogP contribution is 2.41. The zero-order chi connectivity index (χ0) is 14.2. The van der Waals surface area contributed by atoms with Gasteiger partial charge in [0.25, 0.3) is 0 Å². The van der Waals surface area contributed by atoms with E-state index in [1.54, 1.807) is 0 Å². The molecule has 0 atom stereocenters. The van der Waals surface area contributed by atoms with Crippen molar-refractivity contribution >= 4 is 39.3 Å². The Morgan fingerprint density at radius 2 is 2.26 bits per heavy atom. The van der Waals surface area contributed by atoms with Crippen LogP contribution in [0.4, 0.5) is 20.6 Å². The van der Waals surface area contributed by atoms with Gasteiger partial charge in [-0.1, -0.05) is 6.08 Å². The molecule has 1 aromatic rings. The molecular weight excluding hydrogens is 319 g/mol. The van der Waals surface area contributed by atoms with Crippen molar-refractivity contribution in [2.45, 2.75) is 0 Å². The number of carbonyl (C=O) groups is 2. The van der Waals surface area contributed by atoms with Crippen molar-refractivity contribution in [3.05, 3.63) is 35.1 Å². The molecule has 0 aromatic heterocycles. The van der Waals surface area contributed by atoms with Crippen LogP contribution in [0.5, 0.6) is 0 Å². The highest BCUT2D eigenvalue weighted by atomic mass is 79.9. The SMILES string of the molecule is C=CCN1C(=O)CN(C(=O)O)c2ccc(F)c(Br)c21. The fourth-order valence-electron chi connectivity index (χ4n) is 1.93. The number of anilines is 2. The van der Waals surface area contributed by atoms with Crippen LogP contribution in [0.2, 0.25) is 0 Å². The van der Waals surface area contributed by atoms with Gasteiger partial charge in [0.15, 0.2) is 0 Å². The van der Waals surface area contributed by atoms with Crippen molar-refractivity contribution in [2.75, 3.05) is 22.9 Å². The summed E-state index contributed by atoms with van der Waals surface area (Å²) in [5.41, 5.74) is 0.473. The second-order valence-corrected chi connectivity index (χ2v) is 4.68. The molecule has 1 heterocycles. The van der Waals surface area contributed by atoms with Gasteiger partial charge in [-0.2, -0.15) is 0 Å². The first-order chi connectivity index (χ1) is 8.97. The van der Waals surface area contributed by atoms with E-state index in [1.165, 1.54) is 17.0 Å². The van der Waals surface area contributed by atoms with Crippen molar-refractivity contribution < 1.29 is 19.1 Å². The normalized spacial score (nSPS) is 14.3. The summed E-state index contributed by atoms with van der Waals surface area (Å²) in [7, 11) is 0. The summed E-state index contributed by atoms with van der Waals surface area (Å²) in [4.78, 5) is 25.3. The summed E-state index contributed by atoms with van der Waals surface area (Å²) in [5.74, 6) is -0.992. The minimum absolute atomic E-state index is 0.0613. The lowest BCUT2D eigenvalue weighted by molar-refractivity contribution is -0.117. The molecule has 1 aliphatic heterocycles. The molecule has 0 fully saturated rings. The molecule has 5 nitrogen and oxygen atoms in total. The first-order valence-corrected chi connectivity index (χ1v) is 6.16. The quantitative estimate of drug-likeness (QED) is 0.849. The van der Waals surface area contributed by atoms with E-state index in [0.29, 0.717) is 0 Å². The Morgan fingerprint density at radius 3 is 2.84 bits per heavy atom. The molecule has 0 aliphatic carbocycles. The minimum atomic E-state index is -1.26. The average molecular weight is 329 g/mol. The number of hydrogen-bond donors (Lipinski definition) is 1. The van der Waals surface area contributed by atoms with Crippen molar-refractivity contribution in [3.63, 3.8) is 0 Å². The van der Waals surface area contributed by atoms with Crippen LogP contribution in [0.1, 0.15) is 0 Å². The molecule has 2 amide bonds. The largest absolute Gasteiger partial charge is 0.465 e. The molecule has 2 rings (SSSR count). The number of nitrogens with zero attached hydrogens (tertiary/aromatic N) is 2. The number of carbonyl (C=O) groups excluding carboxylic acids is 1. The third-order valence-corrected chi connectivity index (χ3v) is 3.50. The van der Waals surface area contributed by atoms with Crippen LogP contribution in [-0.4, -0.2) is 30.2 Å². The van der Waals surface area contributed by atoms with Gasteiger partial charge >= 0.3 is 6.09 Å². The van der Waals surface area contributed by atoms with Gasteiger partial charge in [0.2, 0.25) is 5.91 Å². The summed E-state index contributed by atoms with van der Waals surface area (Å²) in [5, 5.41) is 9.11. The zero-order valence-corrected chi connectivity index (χ0v) is 11.4. The van der Waals surface area contributed by atoms with E-state index >= 15 is 0 Å². The molecule has 1 aromatic carbocycles. The van der Waals surface area contributed by atoms with Gasteiger partial charge in [-0.15, -0.1) is 6.58 Å². The standard InChI is InChI=1S/C12H10BrFN2O3/c1-2-5-15-9(17)6-16(12(18)19)8-4-3-7(14)10(13)11(8)15/h2-4H,1,5-6H2,(H,18,19). The van der Waals surface area contributed by atoms with Crippen LogP contribution < -0.4 is 9.80 Å². The Morgan fingerprint density at radius 1 is 1.58 bits per heavy atom.